The lowest BCUT2D eigenvalue weighted by Gasteiger charge is -2.30. The summed E-state index contributed by atoms with van der Waals surface area (Å²) >= 11 is 0. The zero-order chi connectivity index (χ0) is 14.4. The molecule has 1 atom stereocenters. The smallest absolute Gasteiger partial charge is 0.161 e. The number of piperidine rings is 1. The maximum absolute atomic E-state index is 9.50. The molecule has 1 saturated heterocycles. The molecule has 20 heavy (non-hydrogen) atoms. The van der Waals surface area contributed by atoms with Crippen LogP contribution in [0.3, 0.4) is 0 Å². The SMILES string of the molecule is CCOc1ccc(C(C#N)N2CCCCC2)cc1OC. The average Bonchev–Trinajstić information content (AvgIpc) is 2.50. The van der Waals surface area contributed by atoms with Crippen LogP contribution in [0, 0.1) is 11.3 Å². The van der Waals surface area contributed by atoms with Crippen LogP contribution in [0.1, 0.15) is 37.8 Å². The van der Waals surface area contributed by atoms with Crippen LogP contribution in [0.5, 0.6) is 11.5 Å². The normalized spacial score (nSPS) is 17.2. The maximum Gasteiger partial charge on any atom is 0.161 e. The minimum atomic E-state index is -0.195. The lowest BCUT2D eigenvalue weighted by atomic mass is 10.0. The molecule has 0 amide bonds. The Hall–Kier alpha value is -1.73. The van der Waals surface area contributed by atoms with Crippen molar-refractivity contribution in [2.45, 2.75) is 32.2 Å². The monoisotopic (exact) mass is 274 g/mol. The molecule has 0 N–H and O–H groups in total. The van der Waals surface area contributed by atoms with Crippen LogP contribution >= 0.6 is 0 Å². The minimum Gasteiger partial charge on any atom is -0.493 e. The first-order valence-electron chi connectivity index (χ1n) is 7.24. The van der Waals surface area contributed by atoms with Crippen molar-refractivity contribution in [3.63, 3.8) is 0 Å². The molecule has 1 heterocycles. The number of nitrogens with zero attached hydrogens (tertiary/aromatic N) is 2. The summed E-state index contributed by atoms with van der Waals surface area (Å²) in [5, 5.41) is 9.50. The Kier molecular flexibility index (Phi) is 5.25. The van der Waals surface area contributed by atoms with Gasteiger partial charge in [-0.1, -0.05) is 12.5 Å². The van der Waals surface area contributed by atoms with Gasteiger partial charge in [-0.05, 0) is 50.6 Å². The Balaban J connectivity index is 2.23. The van der Waals surface area contributed by atoms with E-state index in [2.05, 4.69) is 11.0 Å². The number of nitriles is 1. The number of hydrogen-bond acceptors (Lipinski definition) is 4. The van der Waals surface area contributed by atoms with Gasteiger partial charge in [0.2, 0.25) is 0 Å². The van der Waals surface area contributed by atoms with Gasteiger partial charge in [-0.2, -0.15) is 5.26 Å². The van der Waals surface area contributed by atoms with E-state index < -0.39 is 0 Å². The van der Waals surface area contributed by atoms with E-state index in [1.807, 2.05) is 25.1 Å². The fourth-order valence-corrected chi connectivity index (χ4v) is 2.67. The Morgan fingerprint density at radius 1 is 1.25 bits per heavy atom. The largest absolute Gasteiger partial charge is 0.493 e. The molecule has 0 bridgehead atoms. The first-order valence-corrected chi connectivity index (χ1v) is 7.24. The lowest BCUT2D eigenvalue weighted by molar-refractivity contribution is 0.195. The molecule has 1 fully saturated rings. The van der Waals surface area contributed by atoms with Crippen molar-refractivity contribution in [3.05, 3.63) is 23.8 Å². The third-order valence-corrected chi connectivity index (χ3v) is 3.68. The van der Waals surface area contributed by atoms with Crippen LogP contribution in [0.15, 0.2) is 18.2 Å². The van der Waals surface area contributed by atoms with E-state index >= 15 is 0 Å². The molecule has 0 aliphatic carbocycles. The third kappa shape index (κ3) is 3.23. The molecule has 0 aromatic heterocycles. The van der Waals surface area contributed by atoms with Gasteiger partial charge in [0.05, 0.1) is 19.8 Å². The van der Waals surface area contributed by atoms with Crippen molar-refractivity contribution in [2.75, 3.05) is 26.8 Å². The van der Waals surface area contributed by atoms with Gasteiger partial charge in [0.1, 0.15) is 6.04 Å². The molecule has 1 aromatic carbocycles. The van der Waals surface area contributed by atoms with Crippen LogP contribution in [-0.4, -0.2) is 31.7 Å². The van der Waals surface area contributed by atoms with E-state index in [0.29, 0.717) is 12.4 Å². The van der Waals surface area contributed by atoms with Crippen LogP contribution in [0.2, 0.25) is 0 Å². The molecule has 1 aliphatic rings. The quantitative estimate of drug-likeness (QED) is 0.827. The molecular formula is C16H22N2O2. The summed E-state index contributed by atoms with van der Waals surface area (Å²) in [6, 6.07) is 8.01. The third-order valence-electron chi connectivity index (χ3n) is 3.68. The summed E-state index contributed by atoms with van der Waals surface area (Å²) < 4.78 is 10.9. The van der Waals surface area contributed by atoms with E-state index in [-0.39, 0.29) is 6.04 Å². The minimum absolute atomic E-state index is 0.195. The fraction of sp³-hybridized carbons (Fsp3) is 0.562. The Bertz CT molecular complexity index is 476. The van der Waals surface area contributed by atoms with Gasteiger partial charge in [-0.25, -0.2) is 0 Å². The van der Waals surface area contributed by atoms with Gasteiger partial charge in [0.15, 0.2) is 11.5 Å². The highest BCUT2D eigenvalue weighted by Crippen LogP contribution is 2.32. The summed E-state index contributed by atoms with van der Waals surface area (Å²) in [5.74, 6) is 1.43. The summed E-state index contributed by atoms with van der Waals surface area (Å²) in [4.78, 5) is 2.25. The first kappa shape index (κ1) is 14.7. The van der Waals surface area contributed by atoms with Gasteiger partial charge in [-0.15, -0.1) is 0 Å². The van der Waals surface area contributed by atoms with Crippen molar-refractivity contribution in [3.8, 4) is 17.6 Å². The van der Waals surface area contributed by atoms with E-state index in [1.54, 1.807) is 7.11 Å². The second-order valence-corrected chi connectivity index (χ2v) is 4.97. The first-order chi connectivity index (χ1) is 9.80. The molecule has 4 heteroatoms. The topological polar surface area (TPSA) is 45.5 Å². The highest BCUT2D eigenvalue weighted by molar-refractivity contribution is 5.44. The van der Waals surface area contributed by atoms with Crippen LogP contribution in [0.4, 0.5) is 0 Å². The molecule has 1 unspecified atom stereocenters. The van der Waals surface area contributed by atoms with E-state index in [1.165, 1.54) is 19.3 Å². The van der Waals surface area contributed by atoms with Gasteiger partial charge >= 0.3 is 0 Å². The Labute approximate surface area is 120 Å². The standard InChI is InChI=1S/C16H22N2O2/c1-3-20-15-8-7-13(11-16(15)19-2)14(12-17)18-9-5-4-6-10-18/h7-8,11,14H,3-6,9-10H2,1-2H3. The van der Waals surface area contributed by atoms with Crippen LogP contribution in [0.25, 0.3) is 0 Å². The number of rotatable bonds is 5. The average molecular weight is 274 g/mol. The molecule has 4 nitrogen and oxygen atoms in total. The van der Waals surface area contributed by atoms with Crippen molar-refractivity contribution < 1.29 is 9.47 Å². The summed E-state index contributed by atoms with van der Waals surface area (Å²) in [6.07, 6.45) is 3.61. The van der Waals surface area contributed by atoms with Gasteiger partial charge in [-0.3, -0.25) is 4.90 Å². The zero-order valence-electron chi connectivity index (χ0n) is 12.3. The van der Waals surface area contributed by atoms with Gasteiger partial charge in [0.25, 0.3) is 0 Å². The van der Waals surface area contributed by atoms with Gasteiger partial charge in [0, 0.05) is 0 Å². The molecule has 0 spiro atoms. The molecule has 0 radical (unpaired) electrons. The Morgan fingerprint density at radius 2 is 2.00 bits per heavy atom. The van der Waals surface area contributed by atoms with E-state index in [0.717, 1.165) is 24.4 Å². The number of likely N-dealkylation sites (tertiary alicyclic amines) is 1. The number of benzene rings is 1. The highest BCUT2D eigenvalue weighted by Gasteiger charge is 2.23. The van der Waals surface area contributed by atoms with E-state index in [9.17, 15) is 5.26 Å². The van der Waals surface area contributed by atoms with Crippen LogP contribution in [-0.2, 0) is 0 Å². The van der Waals surface area contributed by atoms with Gasteiger partial charge < -0.3 is 9.47 Å². The molecule has 1 aliphatic heterocycles. The number of methoxy groups -OCH3 is 1. The molecule has 108 valence electrons. The highest BCUT2D eigenvalue weighted by atomic mass is 16.5. The predicted octanol–water partition coefficient (Wildman–Crippen LogP) is 3.14. The molecule has 1 aromatic rings. The summed E-state index contributed by atoms with van der Waals surface area (Å²) in [5.41, 5.74) is 0.981. The second-order valence-electron chi connectivity index (χ2n) is 4.97. The Morgan fingerprint density at radius 3 is 2.60 bits per heavy atom. The summed E-state index contributed by atoms with van der Waals surface area (Å²) in [7, 11) is 1.63. The molecule has 2 rings (SSSR count). The van der Waals surface area contributed by atoms with Crippen LogP contribution < -0.4 is 9.47 Å². The number of ether oxygens (including phenoxy) is 2. The fourth-order valence-electron chi connectivity index (χ4n) is 2.67. The van der Waals surface area contributed by atoms with Crippen molar-refractivity contribution in [1.29, 1.82) is 5.26 Å². The lowest BCUT2D eigenvalue weighted by Crippen LogP contribution is -2.33. The second kappa shape index (κ2) is 7.16. The van der Waals surface area contributed by atoms with Crippen molar-refractivity contribution in [1.82, 2.24) is 4.90 Å². The van der Waals surface area contributed by atoms with E-state index in [4.69, 9.17) is 9.47 Å². The van der Waals surface area contributed by atoms with Crippen molar-refractivity contribution in [2.24, 2.45) is 0 Å². The zero-order valence-corrected chi connectivity index (χ0v) is 12.3. The molecule has 0 saturated carbocycles. The summed E-state index contributed by atoms with van der Waals surface area (Å²) in [6.45, 7) is 4.53. The number of hydrogen-bond donors (Lipinski definition) is 0. The predicted molar refractivity (Wildman–Crippen MR) is 77.9 cm³/mol. The molecular weight excluding hydrogens is 252 g/mol. The maximum atomic E-state index is 9.50. The van der Waals surface area contributed by atoms with Crippen molar-refractivity contribution >= 4 is 0 Å².